The summed E-state index contributed by atoms with van der Waals surface area (Å²) in [5.41, 5.74) is 2.46. The molecular weight excluding hydrogens is 380 g/mol. The number of aromatic nitrogens is 2. The first-order valence-electron chi connectivity index (χ1n) is 8.55. The molecule has 0 unspecified atom stereocenters. The van der Waals surface area contributed by atoms with E-state index in [1.807, 2.05) is 35.0 Å². The van der Waals surface area contributed by atoms with Crippen LogP contribution in [0.25, 0.3) is 5.69 Å². The third kappa shape index (κ3) is 3.95. The molecule has 28 heavy (non-hydrogen) atoms. The largest absolute Gasteiger partial charge is 0.306 e. The standard InChI is InChI=1S/C19H20N4O4S/c1-13-10-18(23(24)25)11-19(14(13)2)28(26,27)21-15(3)16-4-6-17(7-5-16)22-9-8-20-12-22/h4-12,15,21H,1-3H3/t15-/m0/s1. The molecule has 0 aliphatic rings. The minimum atomic E-state index is -3.94. The predicted octanol–water partition coefficient (Wildman–Crippen LogP) is 3.44. The van der Waals surface area contributed by atoms with E-state index in [0.29, 0.717) is 11.1 Å². The Kier molecular flexibility index (Phi) is 5.30. The molecule has 0 saturated heterocycles. The van der Waals surface area contributed by atoms with Crippen molar-refractivity contribution in [1.29, 1.82) is 0 Å². The Morgan fingerprint density at radius 1 is 1.18 bits per heavy atom. The minimum absolute atomic E-state index is 0.0823. The van der Waals surface area contributed by atoms with Crippen LogP contribution in [-0.4, -0.2) is 22.9 Å². The average molecular weight is 400 g/mol. The summed E-state index contributed by atoms with van der Waals surface area (Å²) in [7, 11) is -3.94. The summed E-state index contributed by atoms with van der Waals surface area (Å²) in [6.45, 7) is 5.02. The van der Waals surface area contributed by atoms with E-state index in [1.54, 1.807) is 33.3 Å². The van der Waals surface area contributed by atoms with Crippen LogP contribution in [-0.2, 0) is 10.0 Å². The van der Waals surface area contributed by atoms with Gasteiger partial charge in [-0.25, -0.2) is 18.1 Å². The van der Waals surface area contributed by atoms with Gasteiger partial charge < -0.3 is 4.57 Å². The number of nitro groups is 1. The van der Waals surface area contributed by atoms with Gasteiger partial charge in [-0.2, -0.15) is 0 Å². The fourth-order valence-electron chi connectivity index (χ4n) is 2.90. The summed E-state index contributed by atoms with van der Waals surface area (Å²) in [5.74, 6) is 0. The van der Waals surface area contributed by atoms with Crippen molar-refractivity contribution in [3.8, 4) is 5.69 Å². The number of nitrogens with zero attached hydrogens (tertiary/aromatic N) is 3. The molecule has 1 atom stereocenters. The Labute approximate surface area is 163 Å². The molecule has 146 valence electrons. The monoisotopic (exact) mass is 400 g/mol. The van der Waals surface area contributed by atoms with Gasteiger partial charge in [0.05, 0.1) is 16.1 Å². The third-order valence-electron chi connectivity index (χ3n) is 4.63. The van der Waals surface area contributed by atoms with E-state index in [4.69, 9.17) is 0 Å². The quantitative estimate of drug-likeness (QED) is 0.504. The molecule has 3 rings (SSSR count). The average Bonchev–Trinajstić information content (AvgIpc) is 3.18. The molecule has 0 saturated carbocycles. The van der Waals surface area contributed by atoms with Gasteiger partial charge in [-0.15, -0.1) is 0 Å². The lowest BCUT2D eigenvalue weighted by molar-refractivity contribution is -0.385. The first-order chi connectivity index (χ1) is 13.2. The Morgan fingerprint density at radius 3 is 2.43 bits per heavy atom. The van der Waals surface area contributed by atoms with Crippen LogP contribution in [0, 0.1) is 24.0 Å². The number of nitro benzene ring substituents is 1. The highest BCUT2D eigenvalue weighted by Crippen LogP contribution is 2.27. The van der Waals surface area contributed by atoms with Gasteiger partial charge in [0.2, 0.25) is 10.0 Å². The molecule has 0 aliphatic heterocycles. The molecule has 2 aromatic carbocycles. The van der Waals surface area contributed by atoms with Crippen molar-refractivity contribution in [1.82, 2.24) is 14.3 Å². The maximum absolute atomic E-state index is 12.9. The predicted molar refractivity (Wildman–Crippen MR) is 105 cm³/mol. The summed E-state index contributed by atoms with van der Waals surface area (Å²) in [4.78, 5) is 14.4. The van der Waals surface area contributed by atoms with E-state index in [9.17, 15) is 18.5 Å². The van der Waals surface area contributed by atoms with Gasteiger partial charge in [0.25, 0.3) is 5.69 Å². The lowest BCUT2D eigenvalue weighted by Gasteiger charge is -2.17. The van der Waals surface area contributed by atoms with Gasteiger partial charge in [-0.1, -0.05) is 12.1 Å². The minimum Gasteiger partial charge on any atom is -0.306 e. The van der Waals surface area contributed by atoms with E-state index >= 15 is 0 Å². The highest BCUT2D eigenvalue weighted by molar-refractivity contribution is 7.89. The molecule has 1 heterocycles. The maximum atomic E-state index is 12.9. The zero-order chi connectivity index (χ0) is 20.5. The number of nitrogens with one attached hydrogen (secondary N) is 1. The first kappa shape index (κ1) is 19.7. The van der Waals surface area contributed by atoms with E-state index in [1.165, 1.54) is 6.07 Å². The SMILES string of the molecule is Cc1cc([N+](=O)[O-])cc(S(=O)(=O)N[C@@H](C)c2ccc(-n3ccnc3)cc2)c1C. The van der Waals surface area contributed by atoms with Gasteiger partial charge in [0, 0.05) is 36.3 Å². The first-order valence-corrected chi connectivity index (χ1v) is 10.0. The van der Waals surface area contributed by atoms with Crippen molar-refractivity contribution >= 4 is 15.7 Å². The summed E-state index contributed by atoms with van der Waals surface area (Å²) in [5, 5.41) is 11.1. The van der Waals surface area contributed by atoms with Crippen molar-refractivity contribution < 1.29 is 13.3 Å². The molecule has 0 radical (unpaired) electrons. The molecule has 0 bridgehead atoms. The topological polar surface area (TPSA) is 107 Å². The van der Waals surface area contributed by atoms with Gasteiger partial charge in [-0.05, 0) is 49.6 Å². The van der Waals surface area contributed by atoms with Crippen LogP contribution in [0.4, 0.5) is 5.69 Å². The second kappa shape index (κ2) is 7.53. The molecule has 0 amide bonds. The second-order valence-corrected chi connectivity index (χ2v) is 8.23. The van der Waals surface area contributed by atoms with E-state index in [2.05, 4.69) is 9.71 Å². The molecule has 1 aromatic heterocycles. The Morgan fingerprint density at radius 2 is 1.86 bits per heavy atom. The highest BCUT2D eigenvalue weighted by Gasteiger charge is 2.24. The number of benzene rings is 2. The van der Waals surface area contributed by atoms with Crippen LogP contribution in [0.3, 0.4) is 0 Å². The van der Waals surface area contributed by atoms with Crippen molar-refractivity contribution in [2.75, 3.05) is 0 Å². The molecular formula is C19H20N4O4S. The summed E-state index contributed by atoms with van der Waals surface area (Å²) in [6.07, 6.45) is 5.16. The van der Waals surface area contributed by atoms with Crippen LogP contribution in [0.1, 0.15) is 29.7 Å². The third-order valence-corrected chi connectivity index (χ3v) is 6.30. The lowest BCUT2D eigenvalue weighted by Crippen LogP contribution is -2.27. The number of imidazole rings is 1. The zero-order valence-corrected chi connectivity index (χ0v) is 16.5. The van der Waals surface area contributed by atoms with Gasteiger partial charge >= 0.3 is 0 Å². The van der Waals surface area contributed by atoms with E-state index < -0.39 is 21.0 Å². The number of non-ortho nitro benzene ring substituents is 1. The van der Waals surface area contributed by atoms with Crippen LogP contribution >= 0.6 is 0 Å². The number of aryl methyl sites for hydroxylation is 1. The zero-order valence-electron chi connectivity index (χ0n) is 15.7. The van der Waals surface area contributed by atoms with Crippen molar-refractivity contribution in [2.24, 2.45) is 0 Å². The van der Waals surface area contributed by atoms with E-state index in [0.717, 1.165) is 17.3 Å². The van der Waals surface area contributed by atoms with Crippen LogP contribution in [0.5, 0.6) is 0 Å². The summed E-state index contributed by atoms with van der Waals surface area (Å²) < 4.78 is 30.2. The van der Waals surface area contributed by atoms with Gasteiger partial charge in [-0.3, -0.25) is 10.1 Å². The molecule has 0 fully saturated rings. The Balaban J connectivity index is 1.87. The van der Waals surface area contributed by atoms with Gasteiger partial charge in [0.1, 0.15) is 0 Å². The Bertz CT molecular complexity index is 1110. The van der Waals surface area contributed by atoms with Crippen LogP contribution in [0.15, 0.2) is 60.0 Å². The lowest BCUT2D eigenvalue weighted by atomic mass is 10.1. The smallest absolute Gasteiger partial charge is 0.271 e. The summed E-state index contributed by atoms with van der Waals surface area (Å²) >= 11 is 0. The number of rotatable bonds is 6. The van der Waals surface area contributed by atoms with Gasteiger partial charge in [0.15, 0.2) is 0 Å². The number of hydrogen-bond acceptors (Lipinski definition) is 5. The van der Waals surface area contributed by atoms with Crippen molar-refractivity contribution in [3.05, 3.63) is 81.9 Å². The molecule has 9 heteroatoms. The molecule has 8 nitrogen and oxygen atoms in total. The highest BCUT2D eigenvalue weighted by atomic mass is 32.2. The van der Waals surface area contributed by atoms with Crippen LogP contribution in [0.2, 0.25) is 0 Å². The van der Waals surface area contributed by atoms with E-state index in [-0.39, 0.29) is 10.6 Å². The van der Waals surface area contributed by atoms with Crippen molar-refractivity contribution in [2.45, 2.75) is 31.7 Å². The second-order valence-electron chi connectivity index (χ2n) is 6.55. The molecule has 0 spiro atoms. The number of hydrogen-bond donors (Lipinski definition) is 1. The number of sulfonamides is 1. The summed E-state index contributed by atoms with van der Waals surface area (Å²) in [6, 6.07) is 9.34. The molecule has 1 N–H and O–H groups in total. The molecule has 3 aromatic rings. The van der Waals surface area contributed by atoms with Crippen molar-refractivity contribution in [3.63, 3.8) is 0 Å². The van der Waals surface area contributed by atoms with Crippen LogP contribution < -0.4 is 4.72 Å². The molecule has 0 aliphatic carbocycles. The fourth-order valence-corrected chi connectivity index (χ4v) is 4.47. The normalized spacial score (nSPS) is 12.7. The fraction of sp³-hybridized carbons (Fsp3) is 0.211. The Hall–Kier alpha value is -3.04. The maximum Gasteiger partial charge on any atom is 0.271 e.